The van der Waals surface area contributed by atoms with Gasteiger partial charge in [0.05, 0.1) is 6.54 Å². The molecular formula is C16H21NO2. The number of hydrogen-bond acceptors (Lipinski definition) is 3. The number of ether oxygens (including phenoxy) is 1. The molecule has 102 valence electrons. The van der Waals surface area contributed by atoms with Crippen molar-refractivity contribution in [1.29, 1.82) is 0 Å². The van der Waals surface area contributed by atoms with E-state index in [9.17, 15) is 0 Å². The van der Waals surface area contributed by atoms with Gasteiger partial charge in [-0.05, 0) is 38.6 Å². The Morgan fingerprint density at radius 2 is 1.89 bits per heavy atom. The third kappa shape index (κ3) is 3.86. The molecule has 0 aliphatic rings. The average molecular weight is 259 g/mol. The molecule has 3 heteroatoms. The van der Waals surface area contributed by atoms with Crippen molar-refractivity contribution in [2.45, 2.75) is 33.9 Å². The van der Waals surface area contributed by atoms with Gasteiger partial charge in [0.15, 0.2) is 0 Å². The van der Waals surface area contributed by atoms with E-state index >= 15 is 0 Å². The Morgan fingerprint density at radius 1 is 1.16 bits per heavy atom. The Kier molecular flexibility index (Phi) is 4.63. The standard InChI is InChI=1S/C16H21NO2/c1-4-17-10-16-9-14(13(3)19-16)11-18-15-7-5-12(2)6-8-15/h5-9,17H,4,10-11H2,1-3H3. The highest BCUT2D eigenvalue weighted by atomic mass is 16.5. The molecular weight excluding hydrogens is 238 g/mol. The van der Waals surface area contributed by atoms with Gasteiger partial charge in [-0.15, -0.1) is 0 Å². The van der Waals surface area contributed by atoms with Crippen molar-refractivity contribution in [3.05, 3.63) is 53.0 Å². The number of rotatable bonds is 6. The number of nitrogens with one attached hydrogen (secondary N) is 1. The normalized spacial score (nSPS) is 10.7. The molecule has 1 aromatic carbocycles. The Balaban J connectivity index is 1.95. The molecule has 0 bridgehead atoms. The predicted molar refractivity (Wildman–Crippen MR) is 76.3 cm³/mol. The minimum atomic E-state index is 0.546. The van der Waals surface area contributed by atoms with Crippen LogP contribution in [0, 0.1) is 13.8 Å². The second kappa shape index (κ2) is 6.43. The summed E-state index contributed by atoms with van der Waals surface area (Å²) in [5, 5.41) is 3.25. The van der Waals surface area contributed by atoms with Gasteiger partial charge in [0.25, 0.3) is 0 Å². The van der Waals surface area contributed by atoms with Crippen LogP contribution < -0.4 is 10.1 Å². The van der Waals surface area contributed by atoms with E-state index in [0.717, 1.165) is 35.9 Å². The SMILES string of the molecule is CCNCc1cc(COc2ccc(C)cc2)c(C)o1. The minimum absolute atomic E-state index is 0.546. The van der Waals surface area contributed by atoms with Crippen LogP contribution in [0.4, 0.5) is 0 Å². The highest BCUT2D eigenvalue weighted by Crippen LogP contribution is 2.18. The largest absolute Gasteiger partial charge is 0.489 e. The lowest BCUT2D eigenvalue weighted by atomic mass is 10.2. The topological polar surface area (TPSA) is 34.4 Å². The summed E-state index contributed by atoms with van der Waals surface area (Å²) in [5.74, 6) is 2.78. The van der Waals surface area contributed by atoms with E-state index < -0.39 is 0 Å². The highest BCUT2D eigenvalue weighted by molar-refractivity contribution is 5.27. The van der Waals surface area contributed by atoms with Gasteiger partial charge in [-0.2, -0.15) is 0 Å². The van der Waals surface area contributed by atoms with Crippen LogP contribution in [-0.2, 0) is 13.2 Å². The van der Waals surface area contributed by atoms with Crippen molar-refractivity contribution in [3.63, 3.8) is 0 Å². The zero-order valence-electron chi connectivity index (χ0n) is 11.8. The van der Waals surface area contributed by atoms with E-state index in [-0.39, 0.29) is 0 Å². The summed E-state index contributed by atoms with van der Waals surface area (Å²) in [6.45, 7) is 8.37. The summed E-state index contributed by atoms with van der Waals surface area (Å²) in [7, 11) is 0. The fourth-order valence-corrected chi connectivity index (χ4v) is 1.86. The maximum atomic E-state index is 5.77. The number of furan rings is 1. The summed E-state index contributed by atoms with van der Waals surface area (Å²) >= 11 is 0. The molecule has 2 rings (SSSR count). The van der Waals surface area contributed by atoms with Crippen molar-refractivity contribution >= 4 is 0 Å². The minimum Gasteiger partial charge on any atom is -0.489 e. The van der Waals surface area contributed by atoms with Crippen LogP contribution >= 0.6 is 0 Å². The summed E-state index contributed by atoms with van der Waals surface area (Å²) in [5.41, 5.74) is 2.34. The van der Waals surface area contributed by atoms with Crippen molar-refractivity contribution in [2.75, 3.05) is 6.54 Å². The highest BCUT2D eigenvalue weighted by Gasteiger charge is 2.07. The molecule has 19 heavy (non-hydrogen) atoms. The molecule has 0 aliphatic carbocycles. The summed E-state index contributed by atoms with van der Waals surface area (Å²) in [6.07, 6.45) is 0. The zero-order chi connectivity index (χ0) is 13.7. The van der Waals surface area contributed by atoms with E-state index in [1.54, 1.807) is 0 Å². The van der Waals surface area contributed by atoms with Gasteiger partial charge in [0.1, 0.15) is 23.9 Å². The second-order valence-electron chi connectivity index (χ2n) is 4.68. The van der Waals surface area contributed by atoms with E-state index in [4.69, 9.17) is 9.15 Å². The zero-order valence-corrected chi connectivity index (χ0v) is 11.8. The fraction of sp³-hybridized carbons (Fsp3) is 0.375. The van der Waals surface area contributed by atoms with E-state index in [0.29, 0.717) is 6.61 Å². The molecule has 0 saturated heterocycles. The molecule has 1 heterocycles. The number of benzene rings is 1. The van der Waals surface area contributed by atoms with Gasteiger partial charge >= 0.3 is 0 Å². The van der Waals surface area contributed by atoms with Crippen molar-refractivity contribution in [3.8, 4) is 5.75 Å². The van der Waals surface area contributed by atoms with Crippen LogP contribution in [0.5, 0.6) is 5.75 Å². The number of aryl methyl sites for hydroxylation is 2. The molecule has 0 radical (unpaired) electrons. The van der Waals surface area contributed by atoms with Crippen LogP contribution in [0.15, 0.2) is 34.7 Å². The second-order valence-corrected chi connectivity index (χ2v) is 4.68. The molecule has 0 amide bonds. The Hall–Kier alpha value is -1.74. The molecule has 0 fully saturated rings. The van der Waals surface area contributed by atoms with Crippen LogP contribution in [0.1, 0.15) is 29.6 Å². The Labute approximate surface area is 114 Å². The Bertz CT molecular complexity index is 514. The molecule has 1 N–H and O–H groups in total. The fourth-order valence-electron chi connectivity index (χ4n) is 1.86. The first-order chi connectivity index (χ1) is 9.19. The smallest absolute Gasteiger partial charge is 0.119 e. The van der Waals surface area contributed by atoms with Crippen LogP contribution in [0.3, 0.4) is 0 Å². The average Bonchev–Trinajstić information content (AvgIpc) is 2.76. The van der Waals surface area contributed by atoms with Crippen molar-refractivity contribution < 1.29 is 9.15 Å². The van der Waals surface area contributed by atoms with Gasteiger partial charge in [0.2, 0.25) is 0 Å². The molecule has 3 nitrogen and oxygen atoms in total. The van der Waals surface area contributed by atoms with Gasteiger partial charge in [-0.3, -0.25) is 0 Å². The van der Waals surface area contributed by atoms with E-state index in [1.807, 2.05) is 31.2 Å². The molecule has 2 aromatic rings. The maximum Gasteiger partial charge on any atom is 0.119 e. The van der Waals surface area contributed by atoms with Gasteiger partial charge in [0, 0.05) is 5.56 Å². The number of hydrogen-bond donors (Lipinski definition) is 1. The first-order valence-electron chi connectivity index (χ1n) is 6.67. The summed E-state index contributed by atoms with van der Waals surface area (Å²) in [6, 6.07) is 10.1. The Morgan fingerprint density at radius 3 is 2.58 bits per heavy atom. The summed E-state index contributed by atoms with van der Waals surface area (Å²) < 4.78 is 11.4. The molecule has 0 saturated carbocycles. The van der Waals surface area contributed by atoms with Crippen LogP contribution in [0.2, 0.25) is 0 Å². The lowest BCUT2D eigenvalue weighted by molar-refractivity contribution is 0.303. The lowest BCUT2D eigenvalue weighted by Gasteiger charge is -2.05. The lowest BCUT2D eigenvalue weighted by Crippen LogP contribution is -2.10. The first-order valence-corrected chi connectivity index (χ1v) is 6.67. The molecule has 0 unspecified atom stereocenters. The predicted octanol–water partition coefficient (Wildman–Crippen LogP) is 3.58. The first kappa shape index (κ1) is 13.7. The van der Waals surface area contributed by atoms with Gasteiger partial charge in [-0.1, -0.05) is 24.6 Å². The van der Waals surface area contributed by atoms with Crippen molar-refractivity contribution in [2.24, 2.45) is 0 Å². The summed E-state index contributed by atoms with van der Waals surface area (Å²) in [4.78, 5) is 0. The third-order valence-electron chi connectivity index (χ3n) is 3.04. The monoisotopic (exact) mass is 259 g/mol. The molecule has 0 spiro atoms. The third-order valence-corrected chi connectivity index (χ3v) is 3.04. The van der Waals surface area contributed by atoms with Gasteiger partial charge in [-0.25, -0.2) is 0 Å². The van der Waals surface area contributed by atoms with E-state index in [2.05, 4.69) is 25.2 Å². The van der Waals surface area contributed by atoms with Crippen molar-refractivity contribution in [1.82, 2.24) is 5.32 Å². The molecule has 0 atom stereocenters. The quantitative estimate of drug-likeness (QED) is 0.861. The molecule has 0 aliphatic heterocycles. The maximum absolute atomic E-state index is 5.77. The van der Waals surface area contributed by atoms with Crippen LogP contribution in [0.25, 0.3) is 0 Å². The van der Waals surface area contributed by atoms with Gasteiger partial charge < -0.3 is 14.5 Å². The molecule has 1 aromatic heterocycles. The van der Waals surface area contributed by atoms with E-state index in [1.165, 1.54) is 5.56 Å². The van der Waals surface area contributed by atoms with Crippen LogP contribution in [-0.4, -0.2) is 6.54 Å².